The van der Waals surface area contributed by atoms with Gasteiger partial charge in [-0.25, -0.2) is 9.97 Å². The summed E-state index contributed by atoms with van der Waals surface area (Å²) >= 11 is 3.64. The van der Waals surface area contributed by atoms with Crippen molar-refractivity contribution in [1.82, 2.24) is 20.2 Å². The van der Waals surface area contributed by atoms with Gasteiger partial charge in [0.1, 0.15) is 5.01 Å². The van der Waals surface area contributed by atoms with Crippen molar-refractivity contribution in [2.24, 2.45) is 4.99 Å². The van der Waals surface area contributed by atoms with Crippen molar-refractivity contribution in [2.75, 3.05) is 20.1 Å². The number of rotatable bonds is 6. The van der Waals surface area contributed by atoms with E-state index in [1.165, 1.54) is 39.7 Å². The molecule has 0 unspecified atom stereocenters. The molecule has 0 aromatic carbocycles. The number of aromatic nitrogens is 2. The Morgan fingerprint density at radius 1 is 1.28 bits per heavy atom. The Morgan fingerprint density at radius 2 is 2.12 bits per heavy atom. The molecule has 0 atom stereocenters. The number of aliphatic imine (C=N–C) groups is 1. The van der Waals surface area contributed by atoms with Crippen LogP contribution in [0.1, 0.15) is 45.2 Å². The largest absolute Gasteiger partial charge is 0.357 e. The lowest BCUT2D eigenvalue weighted by Crippen LogP contribution is -2.38. The first-order valence-electron chi connectivity index (χ1n) is 9.04. The molecule has 2 heterocycles. The first-order valence-corrected chi connectivity index (χ1v) is 10.7. The minimum atomic E-state index is 0.758. The highest BCUT2D eigenvalue weighted by Gasteiger charge is 2.16. The predicted molar refractivity (Wildman–Crippen MR) is 107 cm³/mol. The van der Waals surface area contributed by atoms with Crippen molar-refractivity contribution in [1.29, 1.82) is 0 Å². The fraction of sp³-hybridized carbons (Fsp3) is 0.611. The number of nitrogens with zero attached hydrogens (tertiary/aromatic N) is 4. The average Bonchev–Trinajstić information content (AvgIpc) is 3.19. The van der Waals surface area contributed by atoms with Gasteiger partial charge in [0.05, 0.1) is 17.2 Å². The number of fused-ring (bicyclic) bond motifs is 1. The molecule has 0 bridgehead atoms. The van der Waals surface area contributed by atoms with E-state index in [-0.39, 0.29) is 0 Å². The van der Waals surface area contributed by atoms with Crippen molar-refractivity contribution >= 4 is 28.6 Å². The summed E-state index contributed by atoms with van der Waals surface area (Å²) in [4.78, 5) is 19.0. The van der Waals surface area contributed by atoms with Crippen LogP contribution in [0.5, 0.6) is 0 Å². The highest BCUT2D eigenvalue weighted by Crippen LogP contribution is 2.27. The smallest absolute Gasteiger partial charge is 0.194 e. The lowest BCUT2D eigenvalue weighted by atomic mass is 10.0. The first-order chi connectivity index (χ1) is 12.2. The molecular formula is C18H27N5S2. The summed E-state index contributed by atoms with van der Waals surface area (Å²) in [7, 11) is 2.09. The molecule has 0 radical (unpaired) electrons. The van der Waals surface area contributed by atoms with E-state index in [1.54, 1.807) is 11.3 Å². The fourth-order valence-corrected chi connectivity index (χ4v) is 4.98. The Bertz CT molecular complexity index is 695. The van der Waals surface area contributed by atoms with Crippen molar-refractivity contribution in [3.8, 4) is 0 Å². The Hall–Kier alpha value is -1.47. The van der Waals surface area contributed by atoms with Crippen LogP contribution in [0.15, 0.2) is 11.2 Å². The topological polar surface area (TPSA) is 53.4 Å². The summed E-state index contributed by atoms with van der Waals surface area (Å²) in [5.74, 6) is 0.948. The number of nitrogens with one attached hydrogen (secondary N) is 1. The monoisotopic (exact) mass is 377 g/mol. The minimum Gasteiger partial charge on any atom is -0.357 e. The molecule has 3 rings (SSSR count). The van der Waals surface area contributed by atoms with Gasteiger partial charge in [-0.05, 0) is 39.5 Å². The molecule has 1 aliphatic rings. The number of hydrogen-bond donors (Lipinski definition) is 1. The maximum absolute atomic E-state index is 4.85. The van der Waals surface area contributed by atoms with E-state index in [1.807, 2.05) is 17.5 Å². The van der Waals surface area contributed by atoms with Crippen molar-refractivity contribution < 1.29 is 0 Å². The molecule has 0 saturated carbocycles. The van der Waals surface area contributed by atoms with E-state index in [4.69, 9.17) is 9.98 Å². The molecule has 7 heteroatoms. The molecule has 25 heavy (non-hydrogen) atoms. The van der Waals surface area contributed by atoms with Crippen molar-refractivity contribution in [2.45, 2.75) is 52.5 Å². The first kappa shape index (κ1) is 18.3. The molecular weight excluding hydrogens is 350 g/mol. The number of guanidine groups is 1. The summed E-state index contributed by atoms with van der Waals surface area (Å²) in [5.41, 5.74) is 1.33. The predicted octanol–water partition coefficient (Wildman–Crippen LogP) is 3.43. The van der Waals surface area contributed by atoms with Crippen LogP contribution in [0.3, 0.4) is 0 Å². The van der Waals surface area contributed by atoms with Gasteiger partial charge in [0.15, 0.2) is 5.96 Å². The number of thiazole rings is 2. The molecule has 5 nitrogen and oxygen atoms in total. The van der Waals surface area contributed by atoms with Crippen LogP contribution in [0.2, 0.25) is 0 Å². The van der Waals surface area contributed by atoms with Gasteiger partial charge in [-0.15, -0.1) is 22.7 Å². The molecule has 0 spiro atoms. The Kier molecular flexibility index (Phi) is 6.42. The highest BCUT2D eigenvalue weighted by atomic mass is 32.1. The van der Waals surface area contributed by atoms with Gasteiger partial charge in [-0.1, -0.05) is 0 Å². The average molecular weight is 378 g/mol. The lowest BCUT2D eigenvalue weighted by Gasteiger charge is -2.20. The number of hydrogen-bond acceptors (Lipinski definition) is 5. The zero-order chi connectivity index (χ0) is 17.6. The fourth-order valence-electron chi connectivity index (χ4n) is 3.00. The van der Waals surface area contributed by atoms with E-state index < -0.39 is 0 Å². The Labute approximate surface area is 158 Å². The zero-order valence-corrected chi connectivity index (χ0v) is 17.0. The van der Waals surface area contributed by atoms with Crippen LogP contribution < -0.4 is 5.32 Å². The highest BCUT2D eigenvalue weighted by molar-refractivity contribution is 7.11. The molecule has 0 saturated heterocycles. The van der Waals surface area contributed by atoms with Crippen LogP contribution in [-0.2, 0) is 25.8 Å². The quantitative estimate of drug-likeness (QED) is 0.619. The summed E-state index contributed by atoms with van der Waals surface area (Å²) in [5, 5.41) is 5.76. The van der Waals surface area contributed by atoms with Crippen LogP contribution in [0.25, 0.3) is 0 Å². The third-order valence-electron chi connectivity index (χ3n) is 4.22. The molecule has 0 fully saturated rings. The van der Waals surface area contributed by atoms with Crippen molar-refractivity contribution in [3.63, 3.8) is 0 Å². The van der Waals surface area contributed by atoms with E-state index in [0.29, 0.717) is 0 Å². The van der Waals surface area contributed by atoms with Crippen LogP contribution in [0, 0.1) is 6.92 Å². The maximum Gasteiger partial charge on any atom is 0.194 e. The van der Waals surface area contributed by atoms with Gasteiger partial charge in [-0.3, -0.25) is 4.99 Å². The van der Waals surface area contributed by atoms with Gasteiger partial charge in [0.2, 0.25) is 0 Å². The standard InChI is InChI=1S/C18H27N5S2/c1-4-19-18(20-10-9-16-21-11-13(2)24-16)23(3)12-17-22-14-7-5-6-8-15(14)25-17/h11H,4-10,12H2,1-3H3,(H,19,20). The summed E-state index contributed by atoms with van der Waals surface area (Å²) < 4.78 is 0. The lowest BCUT2D eigenvalue weighted by molar-refractivity contribution is 0.475. The van der Waals surface area contributed by atoms with Gasteiger partial charge in [0, 0.05) is 42.5 Å². The maximum atomic E-state index is 4.85. The van der Waals surface area contributed by atoms with Crippen LogP contribution in [0.4, 0.5) is 0 Å². The normalized spacial score (nSPS) is 14.4. The van der Waals surface area contributed by atoms with E-state index in [2.05, 4.69) is 36.1 Å². The molecule has 1 aliphatic carbocycles. The molecule has 1 N–H and O–H groups in total. The third kappa shape index (κ3) is 5.01. The molecule has 136 valence electrons. The van der Waals surface area contributed by atoms with E-state index >= 15 is 0 Å². The Morgan fingerprint density at radius 3 is 2.84 bits per heavy atom. The summed E-state index contributed by atoms with van der Waals surface area (Å²) in [6, 6.07) is 0. The minimum absolute atomic E-state index is 0.758. The van der Waals surface area contributed by atoms with Gasteiger partial charge < -0.3 is 10.2 Å². The molecule has 0 aliphatic heterocycles. The second-order valence-electron chi connectivity index (χ2n) is 6.39. The van der Waals surface area contributed by atoms with Crippen LogP contribution in [-0.4, -0.2) is 41.0 Å². The summed E-state index contributed by atoms with van der Waals surface area (Å²) in [6.45, 7) is 6.65. The second kappa shape index (κ2) is 8.76. The number of aryl methyl sites for hydroxylation is 3. The summed E-state index contributed by atoms with van der Waals surface area (Å²) in [6.07, 6.45) is 7.78. The SMILES string of the molecule is CCNC(=NCCc1ncc(C)s1)N(C)Cc1nc2c(s1)CCCC2. The zero-order valence-electron chi connectivity index (χ0n) is 15.3. The molecule has 2 aromatic heterocycles. The second-order valence-corrected chi connectivity index (χ2v) is 8.88. The van der Waals surface area contributed by atoms with Gasteiger partial charge >= 0.3 is 0 Å². The molecule has 0 amide bonds. The van der Waals surface area contributed by atoms with Crippen molar-refractivity contribution in [3.05, 3.63) is 31.7 Å². The Balaban J connectivity index is 1.60. The van der Waals surface area contributed by atoms with Gasteiger partial charge in [0.25, 0.3) is 0 Å². The van der Waals surface area contributed by atoms with E-state index in [0.717, 1.165) is 43.4 Å². The van der Waals surface area contributed by atoms with Gasteiger partial charge in [-0.2, -0.15) is 0 Å². The van der Waals surface area contributed by atoms with E-state index in [9.17, 15) is 0 Å². The third-order valence-corrected chi connectivity index (χ3v) is 6.33. The van der Waals surface area contributed by atoms with Crippen LogP contribution >= 0.6 is 22.7 Å². The molecule has 2 aromatic rings.